The first-order valence-electron chi connectivity index (χ1n) is 8.41. The monoisotopic (exact) mass is 458 g/mol. The molecule has 29 heavy (non-hydrogen) atoms. The Morgan fingerprint density at radius 1 is 0.862 bits per heavy atom. The summed E-state index contributed by atoms with van der Waals surface area (Å²) in [5.74, 6) is 0.109. The number of Topliss-reactive ketones (excluding diaryl/α,β-unsaturated/α-hetero) is 2. The lowest BCUT2D eigenvalue weighted by Crippen LogP contribution is -2.05. The zero-order valence-corrected chi connectivity index (χ0v) is 16.9. The van der Waals surface area contributed by atoms with Crippen LogP contribution in [0.5, 0.6) is 0 Å². The summed E-state index contributed by atoms with van der Waals surface area (Å²) < 4.78 is 3.64. The van der Waals surface area contributed by atoms with E-state index >= 15 is 0 Å². The minimum Gasteiger partial charge on any atom is -0.297 e. The molecule has 0 saturated carbocycles. The van der Waals surface area contributed by atoms with Gasteiger partial charge in [-0.2, -0.15) is 0 Å². The Bertz CT molecular complexity index is 1140. The number of nitrogens with zero attached hydrogens (tertiary/aromatic N) is 4. The summed E-state index contributed by atoms with van der Waals surface area (Å²) in [6.07, 6.45) is 3.71. The van der Waals surface area contributed by atoms with Crippen LogP contribution < -0.4 is 0 Å². The van der Waals surface area contributed by atoms with E-state index < -0.39 is 0 Å². The molecule has 0 radical (unpaired) electrons. The fraction of sp³-hybridized carbons (Fsp3) is 0.273. The molecule has 4 rings (SSSR count). The molecule has 0 aliphatic heterocycles. The van der Waals surface area contributed by atoms with Gasteiger partial charge in [0.1, 0.15) is 22.7 Å². The molecule has 0 N–H and O–H groups in total. The van der Waals surface area contributed by atoms with Gasteiger partial charge in [0.2, 0.25) is 0 Å². The van der Waals surface area contributed by atoms with Gasteiger partial charge in [0.05, 0.1) is 16.7 Å². The van der Waals surface area contributed by atoms with E-state index in [9.17, 15) is 9.59 Å². The van der Waals surface area contributed by atoms with Crippen LogP contribution in [0.15, 0.2) is 48.8 Å². The Hall–Kier alpha value is -2.80. The van der Waals surface area contributed by atoms with Crippen LogP contribution in [0.2, 0.25) is 0 Å². The van der Waals surface area contributed by atoms with Crippen molar-refractivity contribution >= 4 is 38.8 Å². The lowest BCUT2D eigenvalue weighted by atomic mass is 10.2. The second-order valence-corrected chi connectivity index (χ2v) is 6.62. The van der Waals surface area contributed by atoms with Gasteiger partial charge in [-0.3, -0.25) is 18.4 Å². The van der Waals surface area contributed by atoms with E-state index in [0.29, 0.717) is 16.7 Å². The van der Waals surface area contributed by atoms with Crippen molar-refractivity contribution in [1.82, 2.24) is 18.8 Å². The molecule has 0 spiro atoms. The summed E-state index contributed by atoms with van der Waals surface area (Å²) in [4.78, 5) is 31.5. The molecule has 0 aliphatic rings. The molecular weight excluding hydrogens is 432 g/mol. The molecule has 7 heteroatoms. The van der Waals surface area contributed by atoms with Crippen LogP contribution in [0, 0.1) is 13.8 Å². The smallest absolute Gasteiger partial charge is 0.191 e. The number of fused-ring (bicyclic) bond motifs is 2. The standard InChI is InChI=1S/C10H9BrN2O.C10H10N2O.2CH4/c1-7-10(8(14)6-11)13-5-3-2-4-9(13)12-7;1-7-10(8(2)13)12-6-4-3-5-9(12)11-7;;/h2-5H,6H2,1H3;3-6H,1-2H3;2*1H4. The van der Waals surface area contributed by atoms with Crippen molar-refractivity contribution in [2.45, 2.75) is 35.6 Å². The number of ketones is 2. The fourth-order valence-electron chi connectivity index (χ4n) is 3.05. The molecule has 4 aromatic heterocycles. The van der Waals surface area contributed by atoms with Gasteiger partial charge in [0, 0.05) is 19.3 Å². The zero-order valence-electron chi connectivity index (χ0n) is 15.3. The molecule has 4 heterocycles. The van der Waals surface area contributed by atoms with Gasteiger partial charge in [0.25, 0.3) is 0 Å². The van der Waals surface area contributed by atoms with Gasteiger partial charge in [-0.25, -0.2) is 9.97 Å². The molecule has 0 atom stereocenters. The summed E-state index contributed by atoms with van der Waals surface area (Å²) >= 11 is 3.17. The number of aryl methyl sites for hydroxylation is 2. The first-order chi connectivity index (χ1) is 12.9. The molecule has 154 valence electrons. The minimum atomic E-state index is 0. The third kappa shape index (κ3) is 4.79. The van der Waals surface area contributed by atoms with Crippen LogP contribution in [0.4, 0.5) is 0 Å². The van der Waals surface area contributed by atoms with Gasteiger partial charge in [0.15, 0.2) is 11.6 Å². The average Bonchev–Trinajstić information content (AvgIpc) is 3.16. The summed E-state index contributed by atoms with van der Waals surface area (Å²) in [6.45, 7) is 5.26. The highest BCUT2D eigenvalue weighted by atomic mass is 79.9. The molecule has 0 unspecified atom stereocenters. The van der Waals surface area contributed by atoms with E-state index in [1.54, 1.807) is 6.92 Å². The van der Waals surface area contributed by atoms with Crippen LogP contribution in [0.25, 0.3) is 11.3 Å². The highest BCUT2D eigenvalue weighted by Gasteiger charge is 2.14. The number of aromatic nitrogens is 4. The predicted molar refractivity (Wildman–Crippen MR) is 121 cm³/mol. The maximum absolute atomic E-state index is 11.6. The third-order valence-corrected chi connectivity index (χ3v) is 4.64. The van der Waals surface area contributed by atoms with Gasteiger partial charge >= 0.3 is 0 Å². The highest BCUT2D eigenvalue weighted by Crippen LogP contribution is 2.13. The van der Waals surface area contributed by atoms with Gasteiger partial charge in [-0.05, 0) is 38.1 Å². The van der Waals surface area contributed by atoms with Crippen molar-refractivity contribution in [2.75, 3.05) is 5.33 Å². The maximum atomic E-state index is 11.6. The van der Waals surface area contributed by atoms with Crippen molar-refractivity contribution in [3.63, 3.8) is 0 Å². The Balaban J connectivity index is 0.000000272. The van der Waals surface area contributed by atoms with Crippen molar-refractivity contribution in [2.24, 2.45) is 0 Å². The first-order valence-corrected chi connectivity index (χ1v) is 9.53. The van der Waals surface area contributed by atoms with Crippen molar-refractivity contribution in [1.29, 1.82) is 0 Å². The summed E-state index contributed by atoms with van der Waals surface area (Å²) in [5.41, 5.74) is 4.55. The third-order valence-electron chi connectivity index (χ3n) is 4.13. The Morgan fingerprint density at radius 2 is 1.31 bits per heavy atom. The average molecular weight is 459 g/mol. The van der Waals surface area contributed by atoms with E-state index in [0.717, 1.165) is 22.7 Å². The number of imidazole rings is 2. The van der Waals surface area contributed by atoms with Crippen LogP contribution >= 0.6 is 15.9 Å². The lowest BCUT2D eigenvalue weighted by Gasteiger charge is -1.98. The summed E-state index contributed by atoms with van der Waals surface area (Å²) in [5, 5.41) is 0.330. The molecule has 0 fully saturated rings. The molecule has 0 aliphatic carbocycles. The van der Waals surface area contributed by atoms with E-state index in [1.807, 2.05) is 71.4 Å². The number of pyridine rings is 2. The Morgan fingerprint density at radius 3 is 1.76 bits per heavy atom. The SMILES string of the molecule is C.C.CC(=O)c1c(C)nc2ccccn12.Cc1nc2ccccn2c1C(=O)CBr. The van der Waals surface area contributed by atoms with Crippen LogP contribution in [-0.4, -0.2) is 35.7 Å². The predicted octanol–water partition coefficient (Wildman–Crippen LogP) is 5.34. The number of carbonyl (C=O) groups is 2. The van der Waals surface area contributed by atoms with Crippen LogP contribution in [-0.2, 0) is 0 Å². The number of hydrogen-bond donors (Lipinski definition) is 0. The molecule has 0 amide bonds. The molecule has 4 aromatic rings. The van der Waals surface area contributed by atoms with Gasteiger partial charge in [-0.15, -0.1) is 0 Å². The van der Waals surface area contributed by atoms with Crippen LogP contribution in [0.3, 0.4) is 0 Å². The Kier molecular flexibility index (Phi) is 8.45. The number of alkyl halides is 1. The van der Waals surface area contributed by atoms with Gasteiger partial charge in [-0.1, -0.05) is 42.9 Å². The topological polar surface area (TPSA) is 68.7 Å². The fourth-order valence-corrected chi connectivity index (χ4v) is 3.32. The molecule has 0 aromatic carbocycles. The van der Waals surface area contributed by atoms with E-state index in [4.69, 9.17) is 0 Å². The van der Waals surface area contributed by atoms with E-state index in [2.05, 4.69) is 25.9 Å². The number of hydrogen-bond acceptors (Lipinski definition) is 4. The molecule has 0 bridgehead atoms. The zero-order chi connectivity index (χ0) is 19.6. The molecular formula is C22H27BrN4O2. The van der Waals surface area contributed by atoms with E-state index in [1.165, 1.54) is 0 Å². The summed E-state index contributed by atoms with van der Waals surface area (Å²) in [6, 6.07) is 11.4. The minimum absolute atomic E-state index is 0. The quantitative estimate of drug-likeness (QED) is 0.307. The molecule has 6 nitrogen and oxygen atoms in total. The number of halogens is 1. The van der Waals surface area contributed by atoms with Crippen LogP contribution in [0.1, 0.15) is 54.1 Å². The summed E-state index contributed by atoms with van der Waals surface area (Å²) in [7, 11) is 0. The highest BCUT2D eigenvalue weighted by molar-refractivity contribution is 9.09. The van der Waals surface area contributed by atoms with Crippen molar-refractivity contribution in [3.05, 3.63) is 71.6 Å². The largest absolute Gasteiger partial charge is 0.297 e. The first kappa shape index (κ1) is 24.2. The number of carbonyl (C=O) groups excluding carboxylic acids is 2. The van der Waals surface area contributed by atoms with Crippen molar-refractivity contribution < 1.29 is 9.59 Å². The second-order valence-electron chi connectivity index (χ2n) is 6.06. The van der Waals surface area contributed by atoms with E-state index in [-0.39, 0.29) is 26.4 Å². The maximum Gasteiger partial charge on any atom is 0.191 e. The second kappa shape index (κ2) is 10.1. The normalized spacial score (nSPS) is 9.93. The van der Waals surface area contributed by atoms with Crippen molar-refractivity contribution in [3.8, 4) is 0 Å². The molecule has 0 saturated heterocycles. The Labute approximate surface area is 179 Å². The van der Waals surface area contributed by atoms with Gasteiger partial charge < -0.3 is 0 Å². The number of rotatable bonds is 3. The lowest BCUT2D eigenvalue weighted by molar-refractivity contribution is 0.100.